The van der Waals surface area contributed by atoms with Gasteiger partial charge in [-0.15, -0.1) is 10.2 Å². The topological polar surface area (TPSA) is 92.3 Å². The van der Waals surface area contributed by atoms with Crippen molar-refractivity contribution >= 4 is 38.1 Å². The molecule has 164 valence electrons. The number of rotatable bonds is 9. The summed E-state index contributed by atoms with van der Waals surface area (Å²) < 4.78 is 26.9. The number of hydrogen-bond acceptors (Lipinski definition) is 6. The highest BCUT2D eigenvalue weighted by atomic mass is 32.2. The molecule has 0 unspecified atom stereocenters. The van der Waals surface area contributed by atoms with E-state index >= 15 is 0 Å². The molecule has 0 fully saturated rings. The first-order valence-electron chi connectivity index (χ1n) is 10.1. The zero-order valence-corrected chi connectivity index (χ0v) is 19.5. The Morgan fingerprint density at radius 2 is 1.71 bits per heavy atom. The van der Waals surface area contributed by atoms with Gasteiger partial charge in [-0.3, -0.25) is 14.4 Å². The number of sulfonamides is 1. The SMILES string of the molecule is CCCCCc1nnc(NC(=O)c2ccc(N(C)S(=O)(=O)c3ccc(C)cc3)cc2)s1. The third kappa shape index (κ3) is 5.68. The van der Waals surface area contributed by atoms with E-state index in [0.29, 0.717) is 16.4 Å². The zero-order chi connectivity index (χ0) is 22.4. The van der Waals surface area contributed by atoms with Crippen LogP contribution in [-0.2, 0) is 16.4 Å². The lowest BCUT2D eigenvalue weighted by molar-refractivity contribution is 0.102. The van der Waals surface area contributed by atoms with Crippen LogP contribution in [0.4, 0.5) is 10.8 Å². The normalized spacial score (nSPS) is 11.3. The lowest BCUT2D eigenvalue weighted by atomic mass is 10.2. The van der Waals surface area contributed by atoms with Crippen molar-refractivity contribution < 1.29 is 13.2 Å². The maximum absolute atomic E-state index is 12.8. The van der Waals surface area contributed by atoms with Gasteiger partial charge in [-0.2, -0.15) is 0 Å². The summed E-state index contributed by atoms with van der Waals surface area (Å²) in [4.78, 5) is 12.7. The standard InChI is InChI=1S/C22H26N4O3S2/c1-4-5-6-7-20-24-25-22(30-20)23-21(27)17-10-12-18(13-11-17)26(3)31(28,29)19-14-8-16(2)9-15-19/h8-15H,4-7H2,1-3H3,(H,23,25,27). The predicted octanol–water partition coefficient (Wildman–Crippen LogP) is 4.66. The molecule has 0 atom stereocenters. The monoisotopic (exact) mass is 458 g/mol. The second-order valence-corrected chi connectivity index (χ2v) is 10.3. The number of nitrogens with one attached hydrogen (secondary N) is 1. The van der Waals surface area contributed by atoms with Gasteiger partial charge in [0.15, 0.2) is 0 Å². The van der Waals surface area contributed by atoms with Crippen LogP contribution in [0.3, 0.4) is 0 Å². The van der Waals surface area contributed by atoms with Crippen LogP contribution < -0.4 is 9.62 Å². The van der Waals surface area contributed by atoms with Crippen molar-refractivity contribution in [3.8, 4) is 0 Å². The minimum absolute atomic E-state index is 0.216. The molecule has 3 rings (SSSR count). The third-order valence-electron chi connectivity index (χ3n) is 4.85. The molecule has 1 heterocycles. The highest BCUT2D eigenvalue weighted by molar-refractivity contribution is 7.92. The van der Waals surface area contributed by atoms with Gasteiger partial charge in [0.25, 0.3) is 15.9 Å². The number of unbranched alkanes of at least 4 members (excludes halogenated alkanes) is 2. The van der Waals surface area contributed by atoms with E-state index in [-0.39, 0.29) is 10.8 Å². The van der Waals surface area contributed by atoms with Crippen molar-refractivity contribution in [1.29, 1.82) is 0 Å². The fourth-order valence-electron chi connectivity index (χ4n) is 2.93. The number of nitrogens with zero attached hydrogens (tertiary/aromatic N) is 3. The van der Waals surface area contributed by atoms with Crippen LogP contribution in [0.25, 0.3) is 0 Å². The van der Waals surface area contributed by atoms with E-state index in [1.807, 2.05) is 6.92 Å². The molecule has 0 saturated heterocycles. The smallest absolute Gasteiger partial charge is 0.264 e. The molecule has 31 heavy (non-hydrogen) atoms. The Hall–Kier alpha value is -2.78. The summed E-state index contributed by atoms with van der Waals surface area (Å²) in [6.07, 6.45) is 4.19. The van der Waals surface area contributed by atoms with Gasteiger partial charge in [0.2, 0.25) is 5.13 Å². The van der Waals surface area contributed by atoms with Crippen molar-refractivity contribution in [3.63, 3.8) is 0 Å². The highest BCUT2D eigenvalue weighted by Crippen LogP contribution is 2.23. The van der Waals surface area contributed by atoms with Crippen molar-refractivity contribution in [2.45, 2.75) is 44.4 Å². The molecule has 0 bridgehead atoms. The van der Waals surface area contributed by atoms with Gasteiger partial charge in [0, 0.05) is 19.0 Å². The molecule has 3 aromatic rings. The van der Waals surface area contributed by atoms with Gasteiger partial charge in [0.1, 0.15) is 5.01 Å². The summed E-state index contributed by atoms with van der Waals surface area (Å²) in [6.45, 7) is 4.05. The number of benzene rings is 2. The molecule has 0 aliphatic heterocycles. The number of carbonyl (C=O) groups is 1. The number of hydrogen-bond donors (Lipinski definition) is 1. The second kappa shape index (κ2) is 10.0. The fraction of sp³-hybridized carbons (Fsp3) is 0.318. The van der Waals surface area contributed by atoms with E-state index in [1.165, 1.54) is 22.7 Å². The van der Waals surface area contributed by atoms with Crippen LogP contribution in [-0.4, -0.2) is 31.6 Å². The highest BCUT2D eigenvalue weighted by Gasteiger charge is 2.21. The Labute approximate surface area is 187 Å². The molecule has 0 aliphatic rings. The Balaban J connectivity index is 1.66. The summed E-state index contributed by atoms with van der Waals surface area (Å²) in [5.74, 6) is -0.313. The minimum Gasteiger partial charge on any atom is -0.296 e. The maximum atomic E-state index is 12.8. The van der Waals surface area contributed by atoms with Gasteiger partial charge in [0.05, 0.1) is 10.6 Å². The van der Waals surface area contributed by atoms with Crippen molar-refractivity contribution in [2.75, 3.05) is 16.7 Å². The molecule has 7 nitrogen and oxygen atoms in total. The van der Waals surface area contributed by atoms with Crippen LogP contribution in [0.5, 0.6) is 0 Å². The molecular weight excluding hydrogens is 432 g/mol. The Morgan fingerprint density at radius 1 is 1.03 bits per heavy atom. The van der Waals surface area contributed by atoms with E-state index in [0.717, 1.165) is 36.3 Å². The third-order valence-corrected chi connectivity index (χ3v) is 7.55. The average molecular weight is 459 g/mol. The summed E-state index contributed by atoms with van der Waals surface area (Å²) in [7, 11) is -2.19. The quantitative estimate of drug-likeness (QED) is 0.471. The number of aromatic nitrogens is 2. The van der Waals surface area contributed by atoms with Crippen LogP contribution in [0.15, 0.2) is 53.4 Å². The van der Waals surface area contributed by atoms with E-state index in [2.05, 4.69) is 22.4 Å². The molecule has 1 aromatic heterocycles. The first kappa shape index (κ1) is 22.9. The summed E-state index contributed by atoms with van der Waals surface area (Å²) in [5, 5.41) is 12.3. The Kier molecular flexibility index (Phi) is 7.40. The number of anilines is 2. The number of aryl methyl sites for hydroxylation is 2. The van der Waals surface area contributed by atoms with Gasteiger partial charge in [-0.1, -0.05) is 48.8 Å². The Morgan fingerprint density at radius 3 is 2.35 bits per heavy atom. The zero-order valence-electron chi connectivity index (χ0n) is 17.8. The van der Waals surface area contributed by atoms with Crippen LogP contribution >= 0.6 is 11.3 Å². The second-order valence-electron chi connectivity index (χ2n) is 7.24. The van der Waals surface area contributed by atoms with E-state index in [4.69, 9.17) is 0 Å². The van der Waals surface area contributed by atoms with Crippen LogP contribution in [0.1, 0.15) is 47.1 Å². The fourth-order valence-corrected chi connectivity index (χ4v) is 4.90. The summed E-state index contributed by atoms with van der Waals surface area (Å²) >= 11 is 1.37. The van der Waals surface area contributed by atoms with Crippen molar-refractivity contribution in [2.24, 2.45) is 0 Å². The maximum Gasteiger partial charge on any atom is 0.264 e. The molecule has 9 heteroatoms. The molecule has 2 aromatic carbocycles. The number of amides is 1. The molecule has 0 aliphatic carbocycles. The average Bonchev–Trinajstić information content (AvgIpc) is 3.21. The van der Waals surface area contributed by atoms with Crippen molar-refractivity contribution in [3.05, 3.63) is 64.7 Å². The number of carbonyl (C=O) groups excluding carboxylic acids is 1. The van der Waals surface area contributed by atoms with Crippen LogP contribution in [0.2, 0.25) is 0 Å². The molecule has 0 saturated carbocycles. The van der Waals surface area contributed by atoms with Gasteiger partial charge in [-0.25, -0.2) is 8.42 Å². The van der Waals surface area contributed by atoms with E-state index < -0.39 is 10.0 Å². The summed E-state index contributed by atoms with van der Waals surface area (Å²) in [5.41, 5.74) is 1.86. The van der Waals surface area contributed by atoms with Gasteiger partial charge < -0.3 is 0 Å². The van der Waals surface area contributed by atoms with Crippen molar-refractivity contribution in [1.82, 2.24) is 10.2 Å². The minimum atomic E-state index is -3.68. The predicted molar refractivity (Wildman–Crippen MR) is 124 cm³/mol. The first-order chi connectivity index (χ1) is 14.8. The molecule has 0 spiro atoms. The Bertz CT molecular complexity index is 1120. The van der Waals surface area contributed by atoms with Crippen LogP contribution in [0, 0.1) is 6.92 Å². The van der Waals surface area contributed by atoms with E-state index in [9.17, 15) is 13.2 Å². The molecular formula is C22H26N4O3S2. The summed E-state index contributed by atoms with van der Waals surface area (Å²) in [6, 6.07) is 13.1. The lowest BCUT2D eigenvalue weighted by Crippen LogP contribution is -2.26. The molecule has 1 N–H and O–H groups in total. The first-order valence-corrected chi connectivity index (χ1v) is 12.4. The largest absolute Gasteiger partial charge is 0.296 e. The molecule has 1 amide bonds. The van der Waals surface area contributed by atoms with Gasteiger partial charge in [-0.05, 0) is 49.7 Å². The molecule has 0 radical (unpaired) electrons. The lowest BCUT2D eigenvalue weighted by Gasteiger charge is -2.19. The van der Waals surface area contributed by atoms with Gasteiger partial charge >= 0.3 is 0 Å². The van der Waals surface area contributed by atoms with E-state index in [1.54, 1.807) is 48.5 Å².